The molecule has 0 aliphatic heterocycles. The van der Waals surface area contributed by atoms with E-state index in [1.54, 1.807) is 0 Å². The molecule has 19 aromatic rings. The van der Waals surface area contributed by atoms with Crippen LogP contribution in [0.15, 0.2) is 328 Å². The normalized spacial score (nSPS) is 11.6. The predicted octanol–water partition coefficient (Wildman–Crippen LogP) is 26.7. The van der Waals surface area contributed by atoms with Crippen molar-refractivity contribution in [3.05, 3.63) is 372 Å². The molecule has 0 fully saturated rings. The zero-order valence-corrected chi connectivity index (χ0v) is 63.8. The van der Waals surface area contributed by atoms with Crippen LogP contribution < -0.4 is 0 Å². The summed E-state index contributed by atoms with van der Waals surface area (Å²) in [5.41, 5.74) is 34.8. The molecule has 4 heterocycles. The average molecular weight is 1440 g/mol. The van der Waals surface area contributed by atoms with Crippen LogP contribution in [-0.4, -0.2) is 39.0 Å². The van der Waals surface area contributed by atoms with Gasteiger partial charge in [-0.3, -0.25) is 0 Å². The van der Waals surface area contributed by atoms with Crippen molar-refractivity contribution in [3.63, 3.8) is 0 Å². The molecule has 0 aliphatic carbocycles. The molecule has 0 saturated heterocycles. The third-order valence-electron chi connectivity index (χ3n) is 22.1. The molecule has 0 spiro atoms. The van der Waals surface area contributed by atoms with E-state index in [1.165, 1.54) is 66.8 Å². The summed E-state index contributed by atoms with van der Waals surface area (Å²) in [6.45, 7) is 17.5. The van der Waals surface area contributed by atoms with Crippen LogP contribution in [0.3, 0.4) is 0 Å². The lowest BCUT2D eigenvalue weighted by molar-refractivity contribution is 1.07. The Balaban J connectivity index is 0.857. The summed E-state index contributed by atoms with van der Waals surface area (Å²) >= 11 is 0. The van der Waals surface area contributed by atoms with Gasteiger partial charge in [0.2, 0.25) is 0 Å². The Kier molecular flexibility index (Phi) is 17.2. The fraction of sp³-hybridized carbons (Fsp3) is 0.0769. The molecule has 534 valence electrons. The molecule has 0 unspecified atom stereocenters. The highest BCUT2D eigenvalue weighted by molar-refractivity contribution is 6.13. The molecular weight excluding hydrogens is 1360 g/mol. The van der Waals surface area contributed by atoms with Crippen molar-refractivity contribution in [2.45, 2.75) is 55.4 Å². The smallest absolute Gasteiger partial charge is 0.164 e. The molecule has 15 aromatic carbocycles. The van der Waals surface area contributed by atoms with E-state index in [9.17, 15) is 0 Å². The molecule has 0 amide bonds. The number of hydrogen-bond donors (Lipinski definition) is 0. The maximum absolute atomic E-state index is 5.44. The maximum atomic E-state index is 5.44. The van der Waals surface area contributed by atoms with Crippen LogP contribution in [0.2, 0.25) is 0 Å². The number of rotatable bonds is 14. The van der Waals surface area contributed by atoms with Gasteiger partial charge < -0.3 is 9.13 Å². The van der Waals surface area contributed by atoms with Crippen molar-refractivity contribution in [1.29, 1.82) is 0 Å². The van der Waals surface area contributed by atoms with Gasteiger partial charge in [-0.1, -0.05) is 259 Å². The lowest BCUT2D eigenvalue weighted by Gasteiger charge is -2.16. The van der Waals surface area contributed by atoms with E-state index in [0.29, 0.717) is 34.9 Å². The predicted molar refractivity (Wildman–Crippen MR) is 465 cm³/mol. The third-order valence-corrected chi connectivity index (χ3v) is 22.1. The van der Waals surface area contributed by atoms with Crippen LogP contribution in [0.1, 0.15) is 44.5 Å². The van der Waals surface area contributed by atoms with Crippen molar-refractivity contribution < 1.29 is 0 Å². The van der Waals surface area contributed by atoms with Crippen molar-refractivity contribution in [3.8, 4) is 146 Å². The second kappa shape index (κ2) is 28.2. The first-order valence-corrected chi connectivity index (χ1v) is 38.4. The first kappa shape index (κ1) is 68.5. The Morgan fingerprint density at radius 1 is 0.170 bits per heavy atom. The van der Waals surface area contributed by atoms with Crippen molar-refractivity contribution in [2.75, 3.05) is 0 Å². The Hall–Kier alpha value is -14.1. The maximum Gasteiger partial charge on any atom is 0.164 e. The minimum Gasteiger partial charge on any atom is -0.309 e. The number of nitrogens with zero attached hydrogens (tertiary/aromatic N) is 8. The Bertz CT molecular complexity index is 6210. The van der Waals surface area contributed by atoms with Gasteiger partial charge in [0.1, 0.15) is 0 Å². The van der Waals surface area contributed by atoms with E-state index in [2.05, 4.69) is 319 Å². The highest BCUT2D eigenvalue weighted by atomic mass is 15.1. The van der Waals surface area contributed by atoms with Crippen LogP contribution in [-0.2, 0) is 0 Å². The largest absolute Gasteiger partial charge is 0.309 e. The summed E-state index contributed by atoms with van der Waals surface area (Å²) in [5.74, 6) is 3.44. The van der Waals surface area contributed by atoms with Crippen LogP contribution in [0.5, 0.6) is 0 Å². The molecule has 0 bridgehead atoms. The number of fused-ring (bicyclic) bond motifs is 6. The summed E-state index contributed by atoms with van der Waals surface area (Å²) < 4.78 is 4.88. The van der Waals surface area contributed by atoms with E-state index >= 15 is 0 Å². The third kappa shape index (κ3) is 12.8. The van der Waals surface area contributed by atoms with E-state index in [0.717, 1.165) is 133 Å². The zero-order chi connectivity index (χ0) is 75.8. The summed E-state index contributed by atoms with van der Waals surface area (Å²) in [7, 11) is 0. The molecular formula is C104H78N8. The van der Waals surface area contributed by atoms with Gasteiger partial charge in [-0.25, -0.2) is 29.9 Å². The highest BCUT2D eigenvalue weighted by Crippen LogP contribution is 2.45. The quantitative estimate of drug-likeness (QED) is 0.108. The van der Waals surface area contributed by atoms with Crippen molar-refractivity contribution in [1.82, 2.24) is 39.0 Å². The Morgan fingerprint density at radius 2 is 0.402 bits per heavy atom. The van der Waals surface area contributed by atoms with Crippen LogP contribution >= 0.6 is 0 Å². The van der Waals surface area contributed by atoms with Gasteiger partial charge in [-0.05, 0) is 235 Å². The van der Waals surface area contributed by atoms with E-state index in [1.807, 2.05) is 72.8 Å². The minimum absolute atomic E-state index is 0.551. The Labute approximate surface area is 652 Å². The molecule has 0 atom stereocenters. The van der Waals surface area contributed by atoms with Gasteiger partial charge in [0, 0.05) is 66.3 Å². The van der Waals surface area contributed by atoms with Gasteiger partial charge in [0.25, 0.3) is 0 Å². The fourth-order valence-electron chi connectivity index (χ4n) is 16.6. The van der Waals surface area contributed by atoms with E-state index in [-0.39, 0.29) is 0 Å². The second-order valence-corrected chi connectivity index (χ2v) is 30.1. The number of aryl methyl sites for hydroxylation is 8. The summed E-state index contributed by atoms with van der Waals surface area (Å²) in [6.07, 6.45) is 0. The molecule has 8 heteroatoms. The van der Waals surface area contributed by atoms with Gasteiger partial charge in [0.05, 0.1) is 22.1 Å². The lowest BCUT2D eigenvalue weighted by Crippen LogP contribution is -2.02. The molecule has 4 aromatic heterocycles. The standard InChI is InChI=1S/C104H78N8/c1-63-32-40-87(67(5)48-63)77-36-44-95-91(59-77)92-60-78(88-41-33-64(2)49-68(88)6)37-45-96(92)111(95)85-55-81(53-83(57-85)103-107-99(71-22-13-9-14-23-71)105-100(108-103)72-24-15-10-16-25-72)75-30-21-31-76(52-75)82-54-84(104-109-101(73-26-17-11-18-27-73)106-102(110-104)74-28-19-12-20-29-74)58-86(56-82)112-97-46-38-79(89-42-34-65(3)50-69(89)7)61-93(97)94-62-80(39-47-98(94)112)90-43-35-66(4)51-70(90)8/h9-62H,1-8H3. The summed E-state index contributed by atoms with van der Waals surface area (Å²) in [5, 5.41) is 4.61. The first-order chi connectivity index (χ1) is 54.7. The van der Waals surface area contributed by atoms with E-state index in [4.69, 9.17) is 29.9 Å². The van der Waals surface area contributed by atoms with Crippen LogP contribution in [0.25, 0.3) is 190 Å². The van der Waals surface area contributed by atoms with E-state index < -0.39 is 0 Å². The van der Waals surface area contributed by atoms with Crippen molar-refractivity contribution in [2.24, 2.45) is 0 Å². The molecule has 0 radical (unpaired) electrons. The second-order valence-electron chi connectivity index (χ2n) is 30.1. The summed E-state index contributed by atoms with van der Waals surface area (Å²) in [6, 6.07) is 119. The Morgan fingerprint density at radius 3 is 0.661 bits per heavy atom. The van der Waals surface area contributed by atoms with Gasteiger partial charge in [0.15, 0.2) is 34.9 Å². The summed E-state index contributed by atoms with van der Waals surface area (Å²) in [4.78, 5) is 32.1. The van der Waals surface area contributed by atoms with Gasteiger partial charge in [-0.15, -0.1) is 0 Å². The molecule has 19 rings (SSSR count). The molecule has 0 saturated carbocycles. The highest BCUT2D eigenvalue weighted by Gasteiger charge is 2.24. The van der Waals surface area contributed by atoms with Crippen LogP contribution in [0, 0.1) is 55.4 Å². The SMILES string of the molecule is Cc1ccc(-c2ccc3c(c2)c2cc(-c4ccc(C)cc4C)ccc2n3-c2cc(-c3cccc(-c4cc(-c5nc(-c6ccccc6)nc(-c6ccccc6)n5)cc(-n5c6ccc(-c7ccc(C)cc7C)cc6c6cc(-c7ccc(C)cc7C)ccc65)c4)c3)cc(-c3nc(-c4ccccc4)nc(-c4ccccc4)n3)c2)c(C)c1. The average Bonchev–Trinajstić information content (AvgIpc) is 1.58. The lowest BCUT2D eigenvalue weighted by atomic mass is 9.95. The molecule has 112 heavy (non-hydrogen) atoms. The monoisotopic (exact) mass is 1440 g/mol. The zero-order valence-electron chi connectivity index (χ0n) is 63.8. The molecule has 8 nitrogen and oxygen atoms in total. The number of hydrogen-bond acceptors (Lipinski definition) is 6. The van der Waals surface area contributed by atoms with Crippen molar-refractivity contribution >= 4 is 43.6 Å². The first-order valence-electron chi connectivity index (χ1n) is 38.4. The number of benzene rings is 15. The number of aromatic nitrogens is 8. The molecule has 0 N–H and O–H groups in total. The van der Waals surface area contributed by atoms with Crippen LogP contribution in [0.4, 0.5) is 0 Å². The van der Waals surface area contributed by atoms with Gasteiger partial charge in [-0.2, -0.15) is 0 Å². The topological polar surface area (TPSA) is 87.2 Å². The van der Waals surface area contributed by atoms with Gasteiger partial charge >= 0.3 is 0 Å². The molecule has 0 aliphatic rings. The fourth-order valence-corrected chi connectivity index (χ4v) is 16.6. The minimum atomic E-state index is 0.551.